The van der Waals surface area contributed by atoms with Crippen molar-refractivity contribution < 1.29 is 9.84 Å². The van der Waals surface area contributed by atoms with E-state index in [0.29, 0.717) is 5.75 Å². The Hall–Kier alpha value is -1.62. The van der Waals surface area contributed by atoms with E-state index in [1.807, 2.05) is 13.0 Å². The first kappa shape index (κ1) is 8.00. The molecule has 1 aliphatic rings. The van der Waals surface area contributed by atoms with Gasteiger partial charge in [-0.25, -0.2) is 0 Å². The molecule has 0 aliphatic carbocycles. The van der Waals surface area contributed by atoms with Crippen LogP contribution < -0.4 is 4.74 Å². The molecule has 0 unspecified atom stereocenters. The SMILES string of the molecule is Cc1cc2c(cc1O)OC#CCC2. The van der Waals surface area contributed by atoms with E-state index in [4.69, 9.17) is 4.74 Å². The largest absolute Gasteiger partial charge is 0.508 e. The van der Waals surface area contributed by atoms with Gasteiger partial charge in [-0.2, -0.15) is 0 Å². The van der Waals surface area contributed by atoms with Gasteiger partial charge in [0.2, 0.25) is 0 Å². The molecule has 0 radical (unpaired) electrons. The highest BCUT2D eigenvalue weighted by Crippen LogP contribution is 2.29. The topological polar surface area (TPSA) is 29.5 Å². The third-order valence-corrected chi connectivity index (χ3v) is 2.13. The van der Waals surface area contributed by atoms with Gasteiger partial charge in [0.25, 0.3) is 0 Å². The molecule has 66 valence electrons. The fraction of sp³-hybridized carbons (Fsp3) is 0.273. The van der Waals surface area contributed by atoms with Crippen LogP contribution in [0.2, 0.25) is 0 Å². The van der Waals surface area contributed by atoms with Crippen LogP contribution in [0.1, 0.15) is 17.5 Å². The molecule has 1 aliphatic heterocycles. The first-order valence-corrected chi connectivity index (χ1v) is 4.24. The van der Waals surface area contributed by atoms with Crippen LogP contribution in [0.4, 0.5) is 0 Å². The fourth-order valence-corrected chi connectivity index (χ4v) is 1.37. The summed E-state index contributed by atoms with van der Waals surface area (Å²) < 4.78 is 5.16. The number of ether oxygens (including phenoxy) is 1. The Morgan fingerprint density at radius 2 is 2.31 bits per heavy atom. The number of aryl methyl sites for hydroxylation is 2. The monoisotopic (exact) mass is 174 g/mol. The Kier molecular flexibility index (Phi) is 1.86. The summed E-state index contributed by atoms with van der Waals surface area (Å²) in [5.41, 5.74) is 1.98. The maximum atomic E-state index is 9.44. The van der Waals surface area contributed by atoms with Crippen LogP contribution in [0.3, 0.4) is 0 Å². The number of rotatable bonds is 0. The maximum absolute atomic E-state index is 9.44. The van der Waals surface area contributed by atoms with Crippen molar-refractivity contribution >= 4 is 0 Å². The van der Waals surface area contributed by atoms with Crippen molar-refractivity contribution in [3.8, 4) is 23.5 Å². The van der Waals surface area contributed by atoms with Crippen molar-refractivity contribution in [2.24, 2.45) is 0 Å². The molecule has 0 atom stereocenters. The predicted molar refractivity (Wildman–Crippen MR) is 49.6 cm³/mol. The molecule has 1 heterocycles. The summed E-state index contributed by atoms with van der Waals surface area (Å²) in [6.07, 6.45) is 4.30. The molecule has 0 fully saturated rings. The Morgan fingerprint density at radius 3 is 3.15 bits per heavy atom. The van der Waals surface area contributed by atoms with Gasteiger partial charge in [-0.05, 0) is 30.5 Å². The molecule has 0 aromatic heterocycles. The van der Waals surface area contributed by atoms with E-state index in [1.54, 1.807) is 6.07 Å². The molecule has 0 saturated carbocycles. The number of hydrogen-bond donors (Lipinski definition) is 1. The minimum Gasteiger partial charge on any atom is -0.508 e. The number of fused-ring (bicyclic) bond motifs is 1. The van der Waals surface area contributed by atoms with Gasteiger partial charge in [-0.15, -0.1) is 0 Å². The second kappa shape index (κ2) is 3.02. The van der Waals surface area contributed by atoms with E-state index < -0.39 is 0 Å². The van der Waals surface area contributed by atoms with Crippen molar-refractivity contribution in [3.63, 3.8) is 0 Å². The van der Waals surface area contributed by atoms with E-state index in [1.165, 1.54) is 0 Å². The Balaban J connectivity index is 2.49. The minimum atomic E-state index is 0.266. The maximum Gasteiger partial charge on any atom is 0.147 e. The van der Waals surface area contributed by atoms with Gasteiger partial charge in [0.05, 0.1) is 0 Å². The molecule has 2 nitrogen and oxygen atoms in total. The van der Waals surface area contributed by atoms with Gasteiger partial charge in [-0.3, -0.25) is 0 Å². The van der Waals surface area contributed by atoms with Crippen LogP contribution in [-0.2, 0) is 6.42 Å². The molecule has 1 N–H and O–H groups in total. The van der Waals surface area contributed by atoms with Crippen LogP contribution in [-0.4, -0.2) is 5.11 Å². The first-order valence-electron chi connectivity index (χ1n) is 4.24. The minimum absolute atomic E-state index is 0.266. The summed E-state index contributed by atoms with van der Waals surface area (Å²) in [6.45, 7) is 1.88. The predicted octanol–water partition coefficient (Wildman–Crippen LogP) is 1.99. The number of phenolic OH excluding ortho intramolecular Hbond substituents is 1. The van der Waals surface area contributed by atoms with Crippen molar-refractivity contribution in [1.82, 2.24) is 0 Å². The highest BCUT2D eigenvalue weighted by Gasteiger charge is 2.08. The third-order valence-electron chi connectivity index (χ3n) is 2.13. The van der Waals surface area contributed by atoms with Crippen LogP contribution in [0, 0.1) is 19.0 Å². The third kappa shape index (κ3) is 1.46. The number of hydrogen-bond acceptors (Lipinski definition) is 2. The molecular weight excluding hydrogens is 164 g/mol. The van der Waals surface area contributed by atoms with Crippen LogP contribution in [0.25, 0.3) is 0 Å². The summed E-state index contributed by atoms with van der Waals surface area (Å²) in [7, 11) is 0. The van der Waals surface area contributed by atoms with Gasteiger partial charge < -0.3 is 9.84 Å². The summed E-state index contributed by atoms with van der Waals surface area (Å²) in [4.78, 5) is 0. The second-order valence-corrected chi connectivity index (χ2v) is 3.13. The summed E-state index contributed by atoms with van der Waals surface area (Å²) in [5.74, 6) is 3.83. The lowest BCUT2D eigenvalue weighted by molar-refractivity contribution is 0.459. The Bertz CT molecular complexity index is 397. The van der Waals surface area contributed by atoms with Gasteiger partial charge in [0.1, 0.15) is 17.6 Å². The quantitative estimate of drug-likeness (QED) is 0.609. The normalized spacial score (nSPS) is 13.3. The lowest BCUT2D eigenvalue weighted by atomic mass is 10.1. The van der Waals surface area contributed by atoms with E-state index in [0.717, 1.165) is 24.0 Å². The first-order chi connectivity index (χ1) is 6.27. The molecule has 13 heavy (non-hydrogen) atoms. The molecule has 0 saturated heterocycles. The van der Waals surface area contributed by atoms with Crippen LogP contribution >= 0.6 is 0 Å². The van der Waals surface area contributed by atoms with Crippen molar-refractivity contribution in [3.05, 3.63) is 23.3 Å². The van der Waals surface area contributed by atoms with Crippen LogP contribution in [0.15, 0.2) is 12.1 Å². The fourth-order valence-electron chi connectivity index (χ4n) is 1.37. The summed E-state index contributed by atoms with van der Waals surface area (Å²) in [5, 5.41) is 9.44. The van der Waals surface area contributed by atoms with Crippen molar-refractivity contribution in [2.45, 2.75) is 19.8 Å². The van der Waals surface area contributed by atoms with Crippen LogP contribution in [0.5, 0.6) is 11.5 Å². The molecule has 2 heteroatoms. The lowest BCUT2D eigenvalue weighted by Gasteiger charge is -2.06. The highest BCUT2D eigenvalue weighted by molar-refractivity contribution is 5.46. The molecular formula is C11H10O2. The standard InChI is InChI=1S/C11H10O2/c1-8-6-9-4-2-3-5-13-11(9)7-10(8)12/h6-7,12H,2,4H2,1H3. The Morgan fingerprint density at radius 1 is 1.46 bits per heavy atom. The lowest BCUT2D eigenvalue weighted by Crippen LogP contribution is -1.90. The van der Waals surface area contributed by atoms with Gasteiger partial charge in [-0.1, -0.05) is 5.92 Å². The number of aromatic hydroxyl groups is 1. The van der Waals surface area contributed by atoms with Gasteiger partial charge >= 0.3 is 0 Å². The Labute approximate surface area is 77.2 Å². The molecule has 1 aromatic carbocycles. The average molecular weight is 174 g/mol. The highest BCUT2D eigenvalue weighted by atomic mass is 16.5. The zero-order valence-electron chi connectivity index (χ0n) is 7.42. The smallest absolute Gasteiger partial charge is 0.147 e. The van der Waals surface area contributed by atoms with E-state index in [2.05, 4.69) is 12.0 Å². The zero-order valence-corrected chi connectivity index (χ0v) is 7.42. The van der Waals surface area contributed by atoms with E-state index in [-0.39, 0.29) is 5.75 Å². The summed E-state index contributed by atoms with van der Waals surface area (Å²) in [6, 6.07) is 3.57. The van der Waals surface area contributed by atoms with E-state index in [9.17, 15) is 5.11 Å². The van der Waals surface area contributed by atoms with Gasteiger partial charge in [0, 0.05) is 12.5 Å². The van der Waals surface area contributed by atoms with Gasteiger partial charge in [0.15, 0.2) is 0 Å². The number of phenols is 1. The summed E-state index contributed by atoms with van der Waals surface area (Å²) >= 11 is 0. The molecule has 0 spiro atoms. The molecule has 1 aromatic rings. The average Bonchev–Trinajstić information content (AvgIpc) is 2.31. The van der Waals surface area contributed by atoms with Crippen molar-refractivity contribution in [2.75, 3.05) is 0 Å². The molecule has 2 rings (SSSR count). The van der Waals surface area contributed by atoms with E-state index >= 15 is 0 Å². The molecule has 0 bridgehead atoms. The number of benzene rings is 1. The zero-order chi connectivity index (χ0) is 9.26. The van der Waals surface area contributed by atoms with Crippen molar-refractivity contribution in [1.29, 1.82) is 0 Å². The second-order valence-electron chi connectivity index (χ2n) is 3.13. The molecule has 0 amide bonds.